The highest BCUT2D eigenvalue weighted by molar-refractivity contribution is 8.93. The van der Waals surface area contributed by atoms with E-state index in [2.05, 4.69) is 10.3 Å². The Morgan fingerprint density at radius 1 is 1.21 bits per heavy atom. The van der Waals surface area contributed by atoms with Crippen molar-refractivity contribution in [2.24, 2.45) is 17.8 Å². The molecule has 9 heteroatoms. The van der Waals surface area contributed by atoms with Crippen molar-refractivity contribution in [1.29, 1.82) is 0 Å². The van der Waals surface area contributed by atoms with Crippen LogP contribution >= 0.6 is 28.3 Å². The molecule has 7 nitrogen and oxygen atoms in total. The van der Waals surface area contributed by atoms with Gasteiger partial charge in [-0.2, -0.15) is 0 Å². The molecule has 0 aliphatic heterocycles. The molecule has 5 aliphatic rings. The van der Waals surface area contributed by atoms with Crippen molar-refractivity contribution in [3.8, 4) is 0 Å². The lowest BCUT2D eigenvalue weighted by molar-refractivity contribution is -0.451. The summed E-state index contributed by atoms with van der Waals surface area (Å²) in [6.45, 7) is 0. The first kappa shape index (κ1) is 20.2. The van der Waals surface area contributed by atoms with Crippen LogP contribution < -0.4 is 5.32 Å². The van der Waals surface area contributed by atoms with E-state index in [-0.39, 0.29) is 22.5 Å². The van der Waals surface area contributed by atoms with Gasteiger partial charge in [0.15, 0.2) is 0 Å². The number of halogens is 1. The van der Waals surface area contributed by atoms with E-state index in [0.29, 0.717) is 28.3 Å². The molecule has 6 rings (SSSR count). The van der Waals surface area contributed by atoms with Crippen molar-refractivity contribution in [3.63, 3.8) is 0 Å². The standard InChI is InChI=1S/C19H23N3O4S.BrH/c23-16-7-14(17-20-1-2-27-17)6-15(22(25)26)19(16,24)21-18-8-11-3-12(9-18)5-13(4-11)10-18;/h1-2,6-7,11-13,16,21,23-24H,3-5,8-10H2;1H. The summed E-state index contributed by atoms with van der Waals surface area (Å²) in [6, 6.07) is 0. The lowest BCUT2D eigenvalue weighted by atomic mass is 9.52. The van der Waals surface area contributed by atoms with Crippen LogP contribution in [0.2, 0.25) is 0 Å². The molecule has 0 aromatic carbocycles. The third-order valence-corrected chi connectivity index (χ3v) is 7.64. The minimum atomic E-state index is -2.09. The van der Waals surface area contributed by atoms with E-state index in [4.69, 9.17) is 0 Å². The molecule has 152 valence electrons. The number of aromatic nitrogens is 1. The number of nitrogens with one attached hydrogen (secondary N) is 1. The number of hydrogen-bond acceptors (Lipinski definition) is 7. The van der Waals surface area contributed by atoms with Crippen molar-refractivity contribution in [2.45, 2.75) is 55.9 Å². The fraction of sp³-hybridized carbons (Fsp3) is 0.632. The maximum atomic E-state index is 11.8. The first-order chi connectivity index (χ1) is 12.9. The molecule has 2 unspecified atom stereocenters. The van der Waals surface area contributed by atoms with Gasteiger partial charge in [-0.25, -0.2) is 4.98 Å². The van der Waals surface area contributed by atoms with Gasteiger partial charge < -0.3 is 10.2 Å². The normalized spacial score (nSPS) is 41.2. The fourth-order valence-electron chi connectivity index (χ4n) is 6.24. The molecule has 0 amide bonds. The Balaban J connectivity index is 0.00000192. The smallest absolute Gasteiger partial charge is 0.296 e. The molecule has 28 heavy (non-hydrogen) atoms. The molecule has 1 aromatic rings. The average Bonchev–Trinajstić information content (AvgIpc) is 3.09. The van der Waals surface area contributed by atoms with Gasteiger partial charge in [-0.05, 0) is 62.4 Å². The van der Waals surface area contributed by atoms with E-state index in [1.54, 1.807) is 11.6 Å². The Hall–Kier alpha value is -1.13. The molecule has 0 radical (unpaired) electrons. The summed E-state index contributed by atoms with van der Waals surface area (Å²) < 4.78 is 0. The molecule has 1 heterocycles. The zero-order valence-corrected chi connectivity index (χ0v) is 17.8. The molecule has 0 spiro atoms. The highest BCUT2D eigenvalue weighted by atomic mass is 79.9. The van der Waals surface area contributed by atoms with Crippen molar-refractivity contribution < 1.29 is 15.1 Å². The van der Waals surface area contributed by atoms with Crippen molar-refractivity contribution in [3.05, 3.63) is 44.5 Å². The Labute approximate surface area is 177 Å². The number of allylic oxidation sites excluding steroid dienone is 2. The van der Waals surface area contributed by atoms with Crippen molar-refractivity contribution in [1.82, 2.24) is 10.3 Å². The number of rotatable bonds is 4. The third-order valence-electron chi connectivity index (χ3n) is 6.82. The highest BCUT2D eigenvalue weighted by Gasteiger charge is 2.58. The van der Waals surface area contributed by atoms with Gasteiger partial charge in [0.25, 0.3) is 5.70 Å². The first-order valence-electron chi connectivity index (χ1n) is 9.55. The molecule has 1 aromatic heterocycles. The van der Waals surface area contributed by atoms with Crippen LogP contribution in [0.3, 0.4) is 0 Å². The zero-order chi connectivity index (χ0) is 18.8. The minimum Gasteiger partial charge on any atom is -0.384 e. The lowest BCUT2D eigenvalue weighted by Crippen LogP contribution is -2.69. The van der Waals surface area contributed by atoms with E-state index in [0.717, 1.165) is 19.3 Å². The van der Waals surface area contributed by atoms with Gasteiger partial charge in [0.2, 0.25) is 5.72 Å². The van der Waals surface area contributed by atoms with Crippen LogP contribution in [0.1, 0.15) is 43.5 Å². The topological polar surface area (TPSA) is 109 Å². The largest absolute Gasteiger partial charge is 0.384 e. The molecule has 0 saturated heterocycles. The van der Waals surface area contributed by atoms with Crippen LogP contribution in [0.15, 0.2) is 29.4 Å². The molecular weight excluding hydrogens is 446 g/mol. The maximum Gasteiger partial charge on any atom is 0.296 e. The maximum absolute atomic E-state index is 11.8. The fourth-order valence-corrected chi connectivity index (χ4v) is 6.88. The number of nitrogens with zero attached hydrogens (tertiary/aromatic N) is 2. The number of nitro groups is 1. The second kappa shape index (κ2) is 6.98. The summed E-state index contributed by atoms with van der Waals surface area (Å²) in [6.07, 6.45) is 9.47. The van der Waals surface area contributed by atoms with Crippen LogP contribution in [-0.4, -0.2) is 37.5 Å². The second-order valence-electron chi connectivity index (χ2n) is 8.78. The summed E-state index contributed by atoms with van der Waals surface area (Å²) >= 11 is 1.34. The van der Waals surface area contributed by atoms with E-state index >= 15 is 0 Å². The molecule has 4 fully saturated rings. The average molecular weight is 470 g/mol. The van der Waals surface area contributed by atoms with Crippen molar-refractivity contribution >= 4 is 33.9 Å². The quantitative estimate of drug-likeness (QED) is 0.355. The summed E-state index contributed by atoms with van der Waals surface area (Å²) in [7, 11) is 0. The zero-order valence-electron chi connectivity index (χ0n) is 15.3. The summed E-state index contributed by atoms with van der Waals surface area (Å²) in [5.74, 6) is 1.87. The van der Waals surface area contributed by atoms with Gasteiger partial charge in [-0.1, -0.05) is 0 Å². The van der Waals surface area contributed by atoms with Crippen LogP contribution in [0.4, 0.5) is 0 Å². The summed E-state index contributed by atoms with van der Waals surface area (Å²) in [5, 5.41) is 39.5. The first-order valence-corrected chi connectivity index (χ1v) is 10.4. The van der Waals surface area contributed by atoms with E-state index in [9.17, 15) is 20.3 Å². The van der Waals surface area contributed by atoms with Gasteiger partial charge in [0.1, 0.15) is 11.1 Å². The monoisotopic (exact) mass is 469 g/mol. The molecule has 2 atom stereocenters. The minimum absolute atomic E-state index is 0. The predicted molar refractivity (Wildman–Crippen MR) is 110 cm³/mol. The van der Waals surface area contributed by atoms with Gasteiger partial charge in [0, 0.05) is 28.8 Å². The highest BCUT2D eigenvalue weighted by Crippen LogP contribution is 2.56. The second-order valence-corrected chi connectivity index (χ2v) is 9.67. The van der Waals surface area contributed by atoms with Gasteiger partial charge in [-0.3, -0.25) is 15.4 Å². The van der Waals surface area contributed by atoms with Gasteiger partial charge in [0.05, 0.1) is 4.92 Å². The molecule has 3 N–H and O–H groups in total. The molecule has 5 aliphatic carbocycles. The predicted octanol–water partition coefficient (Wildman–Crippen LogP) is 2.89. The third kappa shape index (κ3) is 3.17. The Kier molecular flexibility index (Phi) is 5.03. The van der Waals surface area contributed by atoms with Crippen molar-refractivity contribution in [2.75, 3.05) is 0 Å². The number of hydrogen-bond donors (Lipinski definition) is 3. The van der Waals surface area contributed by atoms with E-state index in [1.165, 1.54) is 42.8 Å². The number of aliphatic hydroxyl groups excluding tert-OH is 1. The lowest BCUT2D eigenvalue weighted by Gasteiger charge is -2.58. The molecular formula is C19H24BrN3O4S. The summed E-state index contributed by atoms with van der Waals surface area (Å²) in [5.41, 5.74) is -2.35. The molecule has 4 bridgehead atoms. The Morgan fingerprint density at radius 2 is 1.82 bits per heavy atom. The Bertz CT molecular complexity index is 805. The van der Waals surface area contributed by atoms with E-state index in [1.807, 2.05) is 0 Å². The van der Waals surface area contributed by atoms with Crippen LogP contribution in [0.25, 0.3) is 5.57 Å². The Morgan fingerprint density at radius 3 is 2.32 bits per heavy atom. The van der Waals surface area contributed by atoms with Gasteiger partial charge in [-0.15, -0.1) is 28.3 Å². The van der Waals surface area contributed by atoms with Crippen LogP contribution in [0.5, 0.6) is 0 Å². The SMILES string of the molecule is Br.O=[N+]([O-])C1=CC(c2nccs2)=CC(O)C1(O)NC12CC3CC(CC(C3)C1)C2. The van der Waals surface area contributed by atoms with Crippen LogP contribution in [-0.2, 0) is 0 Å². The van der Waals surface area contributed by atoms with Crippen LogP contribution in [0, 0.1) is 27.9 Å². The number of thiazole rings is 1. The summed E-state index contributed by atoms with van der Waals surface area (Å²) in [4.78, 5) is 15.4. The van der Waals surface area contributed by atoms with Gasteiger partial charge >= 0.3 is 0 Å². The molecule has 4 saturated carbocycles. The number of aliphatic hydroxyl groups is 2. The van der Waals surface area contributed by atoms with E-state index < -0.39 is 22.4 Å².